The van der Waals surface area contributed by atoms with Gasteiger partial charge in [0, 0.05) is 16.8 Å². The van der Waals surface area contributed by atoms with Gasteiger partial charge in [-0.15, -0.1) is 11.3 Å². The number of thiophene rings is 1. The van der Waals surface area contributed by atoms with Crippen LogP contribution in [0.4, 0.5) is 0 Å². The smallest absolute Gasteiger partial charge is 0.326 e. The molecule has 0 N–H and O–H groups in total. The molecule has 0 radical (unpaired) electrons. The number of nitrogens with zero attached hydrogens (tertiary/aromatic N) is 5. The Kier molecular flexibility index (Phi) is 5.49. The molecule has 0 saturated heterocycles. The molecule has 0 unspecified atom stereocenters. The van der Waals surface area contributed by atoms with Gasteiger partial charge in [0.2, 0.25) is 0 Å². The Bertz CT molecular complexity index is 1610. The molecule has 0 aliphatic carbocycles. The minimum Gasteiger partial charge on any atom is -0.459 e. The molecule has 4 heterocycles. The first-order valence-corrected chi connectivity index (χ1v) is 11.7. The van der Waals surface area contributed by atoms with Crippen LogP contribution in [0.15, 0.2) is 47.5 Å². The van der Waals surface area contributed by atoms with Crippen LogP contribution in [0, 0.1) is 27.7 Å². The highest BCUT2D eigenvalue weighted by atomic mass is 32.1. The highest BCUT2D eigenvalue weighted by Gasteiger charge is 2.16. The van der Waals surface area contributed by atoms with E-state index < -0.39 is 5.97 Å². The molecule has 0 saturated carbocycles. The molecular weight excluding hydrogens is 450 g/mol. The van der Waals surface area contributed by atoms with Crippen molar-refractivity contribution >= 4 is 37.7 Å². The predicted molar refractivity (Wildman–Crippen MR) is 131 cm³/mol. The Labute approximate surface area is 199 Å². The van der Waals surface area contributed by atoms with Crippen molar-refractivity contribution in [1.29, 1.82) is 0 Å². The molecule has 0 aliphatic rings. The van der Waals surface area contributed by atoms with Crippen molar-refractivity contribution in [3.05, 3.63) is 81.3 Å². The number of aryl methyl sites for hydroxylation is 4. The molecule has 172 valence electrons. The monoisotopic (exact) mass is 473 g/mol. The topological polar surface area (TPSA) is 91.9 Å². The summed E-state index contributed by atoms with van der Waals surface area (Å²) in [5.74, 6) is -0.503. The van der Waals surface area contributed by atoms with Crippen molar-refractivity contribution in [2.24, 2.45) is 0 Å². The maximum Gasteiger partial charge on any atom is 0.326 e. The summed E-state index contributed by atoms with van der Waals surface area (Å²) in [5.41, 5.74) is 6.07. The van der Waals surface area contributed by atoms with Crippen molar-refractivity contribution in [3.8, 4) is 5.69 Å². The first kappa shape index (κ1) is 22.0. The average Bonchev–Trinajstić information content (AvgIpc) is 3.34. The molecule has 5 rings (SSSR count). The fraction of sp³-hybridized carbons (Fsp3) is 0.240. The number of fused-ring (bicyclic) bond motifs is 3. The van der Waals surface area contributed by atoms with Crippen molar-refractivity contribution in [2.75, 3.05) is 0 Å². The average molecular weight is 474 g/mol. The molecule has 0 bridgehead atoms. The number of carbonyl (C=O) groups excluding carboxylic acids is 1. The zero-order valence-electron chi connectivity index (χ0n) is 19.3. The van der Waals surface area contributed by atoms with E-state index in [-0.39, 0.29) is 18.7 Å². The van der Waals surface area contributed by atoms with Gasteiger partial charge in [-0.2, -0.15) is 5.10 Å². The Morgan fingerprint density at radius 1 is 1.06 bits per heavy atom. The van der Waals surface area contributed by atoms with Gasteiger partial charge in [0.25, 0.3) is 5.56 Å². The summed E-state index contributed by atoms with van der Waals surface area (Å²) in [5, 5.41) is 5.36. The summed E-state index contributed by atoms with van der Waals surface area (Å²) in [6.45, 7) is 7.77. The number of esters is 1. The van der Waals surface area contributed by atoms with Crippen LogP contribution in [0.25, 0.3) is 26.1 Å². The molecule has 0 atom stereocenters. The molecule has 4 aromatic heterocycles. The second kappa shape index (κ2) is 8.49. The van der Waals surface area contributed by atoms with Crippen LogP contribution in [0.2, 0.25) is 0 Å². The zero-order valence-corrected chi connectivity index (χ0v) is 20.1. The summed E-state index contributed by atoms with van der Waals surface area (Å²) in [6.07, 6.45) is 1.40. The standard InChI is InChI=1S/C25H23N5O3S/c1-14-9-15(2)27-24-21(14)22-23(34-24)25(32)29(13-26-22)11-20(31)33-12-18-5-7-19(8-6-18)30-17(4)10-16(3)28-30/h5-10,13H,11-12H2,1-4H3. The summed E-state index contributed by atoms with van der Waals surface area (Å²) < 4.78 is 9.05. The number of hydrogen-bond acceptors (Lipinski definition) is 7. The fourth-order valence-corrected chi connectivity index (χ4v) is 5.28. The Morgan fingerprint density at radius 2 is 1.82 bits per heavy atom. The van der Waals surface area contributed by atoms with E-state index in [2.05, 4.69) is 15.1 Å². The number of rotatable bonds is 5. The minimum absolute atomic E-state index is 0.117. The first-order chi connectivity index (χ1) is 16.3. The number of carbonyl (C=O) groups is 1. The first-order valence-electron chi connectivity index (χ1n) is 10.8. The molecule has 0 amide bonds. The molecule has 0 spiro atoms. The van der Waals surface area contributed by atoms with Crippen LogP contribution in [-0.4, -0.2) is 30.3 Å². The van der Waals surface area contributed by atoms with Gasteiger partial charge in [-0.25, -0.2) is 14.6 Å². The summed E-state index contributed by atoms with van der Waals surface area (Å²) >= 11 is 1.30. The van der Waals surface area contributed by atoms with Gasteiger partial charge in [-0.05, 0) is 63.1 Å². The normalized spacial score (nSPS) is 11.4. The lowest BCUT2D eigenvalue weighted by Crippen LogP contribution is -2.25. The maximum atomic E-state index is 13.0. The number of hydrogen-bond donors (Lipinski definition) is 0. The molecule has 0 aliphatic heterocycles. The van der Waals surface area contributed by atoms with Gasteiger partial charge < -0.3 is 4.74 Å². The van der Waals surface area contributed by atoms with Crippen LogP contribution >= 0.6 is 11.3 Å². The van der Waals surface area contributed by atoms with E-state index in [4.69, 9.17) is 4.74 Å². The van der Waals surface area contributed by atoms with Crippen LogP contribution in [0.3, 0.4) is 0 Å². The third-order valence-electron chi connectivity index (χ3n) is 5.63. The lowest BCUT2D eigenvalue weighted by atomic mass is 10.1. The van der Waals surface area contributed by atoms with E-state index in [0.29, 0.717) is 10.2 Å². The van der Waals surface area contributed by atoms with Gasteiger partial charge in [0.15, 0.2) is 0 Å². The summed E-state index contributed by atoms with van der Waals surface area (Å²) in [7, 11) is 0. The van der Waals surface area contributed by atoms with E-state index in [1.807, 2.05) is 68.8 Å². The number of pyridine rings is 1. The lowest BCUT2D eigenvalue weighted by Gasteiger charge is -2.08. The van der Waals surface area contributed by atoms with Gasteiger partial charge >= 0.3 is 5.97 Å². The molecule has 1 aromatic carbocycles. The predicted octanol–water partition coefficient (Wildman–Crippen LogP) is 4.17. The Morgan fingerprint density at radius 3 is 2.53 bits per heavy atom. The molecule has 5 aromatic rings. The van der Waals surface area contributed by atoms with Crippen LogP contribution in [0.5, 0.6) is 0 Å². The quantitative estimate of drug-likeness (QED) is 0.356. The highest BCUT2D eigenvalue weighted by Crippen LogP contribution is 2.31. The third-order valence-corrected chi connectivity index (χ3v) is 6.69. The van der Waals surface area contributed by atoms with Crippen molar-refractivity contribution < 1.29 is 9.53 Å². The molecule has 9 heteroatoms. The summed E-state index contributed by atoms with van der Waals surface area (Å²) in [6, 6.07) is 11.7. The number of benzene rings is 1. The van der Waals surface area contributed by atoms with Crippen LogP contribution in [-0.2, 0) is 22.7 Å². The molecule has 8 nitrogen and oxygen atoms in total. The van der Waals surface area contributed by atoms with Gasteiger partial charge in [0.05, 0.1) is 23.2 Å². The van der Waals surface area contributed by atoms with Crippen molar-refractivity contribution in [1.82, 2.24) is 24.3 Å². The van der Waals surface area contributed by atoms with E-state index in [0.717, 1.165) is 44.1 Å². The number of ether oxygens (including phenoxy) is 1. The lowest BCUT2D eigenvalue weighted by molar-refractivity contribution is -0.145. The molecular formula is C25H23N5O3S. The largest absolute Gasteiger partial charge is 0.459 e. The Balaban J connectivity index is 1.30. The highest BCUT2D eigenvalue weighted by molar-refractivity contribution is 7.25. The van der Waals surface area contributed by atoms with Crippen molar-refractivity contribution in [2.45, 2.75) is 40.8 Å². The summed E-state index contributed by atoms with van der Waals surface area (Å²) in [4.78, 5) is 35.2. The number of aromatic nitrogens is 5. The van der Waals surface area contributed by atoms with Gasteiger partial charge in [-0.1, -0.05) is 12.1 Å². The van der Waals surface area contributed by atoms with E-state index >= 15 is 0 Å². The SMILES string of the molecule is Cc1cc(C)c2c(n1)sc1c(=O)n(CC(=O)OCc3ccc(-n4nc(C)cc4C)cc3)cnc12. The van der Waals surface area contributed by atoms with E-state index in [1.54, 1.807) is 0 Å². The second-order valence-corrected chi connectivity index (χ2v) is 9.38. The van der Waals surface area contributed by atoms with E-state index in [9.17, 15) is 9.59 Å². The molecule has 0 fully saturated rings. The van der Waals surface area contributed by atoms with Gasteiger partial charge in [0.1, 0.15) is 22.7 Å². The fourth-order valence-electron chi connectivity index (χ4n) is 4.09. The van der Waals surface area contributed by atoms with E-state index in [1.165, 1.54) is 22.2 Å². The maximum absolute atomic E-state index is 13.0. The van der Waals surface area contributed by atoms with Crippen LogP contribution < -0.4 is 5.56 Å². The van der Waals surface area contributed by atoms with Crippen LogP contribution in [0.1, 0.15) is 28.2 Å². The second-order valence-electron chi connectivity index (χ2n) is 8.38. The Hall–Kier alpha value is -3.85. The zero-order chi connectivity index (χ0) is 24.0. The molecule has 34 heavy (non-hydrogen) atoms. The minimum atomic E-state index is -0.503. The van der Waals surface area contributed by atoms with Gasteiger partial charge in [-0.3, -0.25) is 14.2 Å². The third kappa shape index (κ3) is 3.99. The van der Waals surface area contributed by atoms with Crippen molar-refractivity contribution in [3.63, 3.8) is 0 Å².